The molecule has 0 bridgehead atoms. The standard InChI is InChI=1S/C17H15Cl2FN2O3/c1-9(25-16-6-3-11(18)7-13(16)19)17(24)22-12-4-5-14(20)15(8-12)21-10(2)23/h3-9H,1-2H3,(H,21,23)(H,22,24). The molecule has 0 heterocycles. The van der Waals surface area contributed by atoms with Crippen LogP contribution in [0.2, 0.25) is 10.0 Å². The van der Waals surface area contributed by atoms with Crippen LogP contribution in [0.3, 0.4) is 0 Å². The van der Waals surface area contributed by atoms with E-state index in [1.54, 1.807) is 19.1 Å². The van der Waals surface area contributed by atoms with Gasteiger partial charge in [-0.1, -0.05) is 23.2 Å². The summed E-state index contributed by atoms with van der Waals surface area (Å²) >= 11 is 11.8. The zero-order valence-corrected chi connectivity index (χ0v) is 14.9. The molecule has 5 nitrogen and oxygen atoms in total. The number of amides is 2. The predicted molar refractivity (Wildman–Crippen MR) is 95.9 cm³/mol. The number of ether oxygens (including phenoxy) is 1. The van der Waals surface area contributed by atoms with E-state index in [0.29, 0.717) is 16.5 Å². The Labute approximate surface area is 154 Å². The molecule has 0 saturated carbocycles. The van der Waals surface area contributed by atoms with Gasteiger partial charge >= 0.3 is 0 Å². The number of halogens is 3. The number of benzene rings is 2. The number of carbonyl (C=O) groups excluding carboxylic acids is 2. The van der Waals surface area contributed by atoms with Crippen LogP contribution in [0, 0.1) is 5.82 Å². The lowest BCUT2D eigenvalue weighted by Crippen LogP contribution is -2.30. The van der Waals surface area contributed by atoms with Gasteiger partial charge in [0.1, 0.15) is 11.6 Å². The smallest absolute Gasteiger partial charge is 0.265 e. The second-order valence-corrected chi connectivity index (χ2v) is 6.04. The van der Waals surface area contributed by atoms with Gasteiger partial charge in [-0.2, -0.15) is 0 Å². The lowest BCUT2D eigenvalue weighted by atomic mass is 10.2. The number of hydrogen-bond acceptors (Lipinski definition) is 3. The van der Waals surface area contributed by atoms with Crippen molar-refractivity contribution in [1.82, 2.24) is 0 Å². The molecule has 0 aliphatic rings. The van der Waals surface area contributed by atoms with Crippen LogP contribution in [0.4, 0.5) is 15.8 Å². The van der Waals surface area contributed by atoms with Crippen LogP contribution in [0.1, 0.15) is 13.8 Å². The highest BCUT2D eigenvalue weighted by Crippen LogP contribution is 2.28. The molecule has 132 valence electrons. The Bertz CT molecular complexity index is 814. The average molecular weight is 385 g/mol. The minimum atomic E-state index is -0.868. The minimum Gasteiger partial charge on any atom is -0.479 e. The quantitative estimate of drug-likeness (QED) is 0.797. The fourth-order valence-electron chi connectivity index (χ4n) is 1.95. The van der Waals surface area contributed by atoms with E-state index in [1.807, 2.05) is 0 Å². The molecule has 0 fully saturated rings. The molecule has 2 amide bonds. The van der Waals surface area contributed by atoms with Crippen molar-refractivity contribution < 1.29 is 18.7 Å². The molecule has 0 aliphatic heterocycles. The topological polar surface area (TPSA) is 67.4 Å². The first-order chi connectivity index (χ1) is 11.8. The minimum absolute atomic E-state index is 0.0281. The molecule has 0 saturated heterocycles. The summed E-state index contributed by atoms with van der Waals surface area (Å²) in [6.07, 6.45) is -0.868. The van der Waals surface area contributed by atoms with Gasteiger partial charge in [-0.25, -0.2) is 4.39 Å². The Hall–Kier alpha value is -2.31. The molecule has 1 atom stereocenters. The first-order valence-corrected chi connectivity index (χ1v) is 8.01. The van der Waals surface area contributed by atoms with Crippen LogP contribution in [0.25, 0.3) is 0 Å². The van der Waals surface area contributed by atoms with E-state index in [2.05, 4.69) is 10.6 Å². The van der Waals surface area contributed by atoms with Crippen LogP contribution in [-0.2, 0) is 9.59 Å². The molecular weight excluding hydrogens is 370 g/mol. The SMILES string of the molecule is CC(=O)Nc1cc(NC(=O)C(C)Oc2ccc(Cl)cc2Cl)ccc1F. The molecule has 0 aromatic heterocycles. The van der Waals surface area contributed by atoms with Crippen LogP contribution >= 0.6 is 23.2 Å². The van der Waals surface area contributed by atoms with E-state index in [1.165, 1.54) is 25.1 Å². The number of hydrogen-bond donors (Lipinski definition) is 2. The Morgan fingerprint density at radius 1 is 1.12 bits per heavy atom. The van der Waals surface area contributed by atoms with Gasteiger partial charge in [-0.3, -0.25) is 9.59 Å². The van der Waals surface area contributed by atoms with Gasteiger partial charge in [0.25, 0.3) is 5.91 Å². The highest BCUT2D eigenvalue weighted by molar-refractivity contribution is 6.35. The largest absolute Gasteiger partial charge is 0.479 e. The summed E-state index contributed by atoms with van der Waals surface area (Å²) in [6.45, 7) is 2.80. The van der Waals surface area contributed by atoms with Gasteiger partial charge in [0, 0.05) is 17.6 Å². The fourth-order valence-corrected chi connectivity index (χ4v) is 2.40. The van der Waals surface area contributed by atoms with Crippen LogP contribution < -0.4 is 15.4 Å². The summed E-state index contributed by atoms with van der Waals surface area (Å²) in [7, 11) is 0. The Balaban J connectivity index is 2.07. The van der Waals surface area contributed by atoms with Crippen molar-refractivity contribution in [2.75, 3.05) is 10.6 Å². The van der Waals surface area contributed by atoms with E-state index in [9.17, 15) is 14.0 Å². The molecule has 2 aromatic rings. The number of rotatable bonds is 5. The Morgan fingerprint density at radius 2 is 1.84 bits per heavy atom. The van der Waals surface area contributed by atoms with Crippen LogP contribution in [0.5, 0.6) is 5.75 Å². The molecule has 2 N–H and O–H groups in total. The molecular formula is C17H15Cl2FN2O3. The highest BCUT2D eigenvalue weighted by Gasteiger charge is 2.17. The zero-order chi connectivity index (χ0) is 18.6. The second kappa shape index (κ2) is 8.18. The van der Waals surface area contributed by atoms with E-state index in [-0.39, 0.29) is 10.7 Å². The van der Waals surface area contributed by atoms with Crippen molar-refractivity contribution in [3.63, 3.8) is 0 Å². The fraction of sp³-hybridized carbons (Fsp3) is 0.176. The van der Waals surface area contributed by atoms with E-state index < -0.39 is 23.7 Å². The maximum atomic E-state index is 13.6. The Morgan fingerprint density at radius 3 is 2.48 bits per heavy atom. The normalized spacial score (nSPS) is 11.6. The maximum absolute atomic E-state index is 13.6. The first-order valence-electron chi connectivity index (χ1n) is 7.26. The van der Waals surface area contributed by atoms with Gasteiger partial charge in [0.05, 0.1) is 10.7 Å². The average Bonchev–Trinajstić information content (AvgIpc) is 2.52. The summed E-state index contributed by atoms with van der Waals surface area (Å²) in [4.78, 5) is 23.3. The van der Waals surface area contributed by atoms with Crippen LogP contribution in [0.15, 0.2) is 36.4 Å². The summed E-state index contributed by atoms with van der Waals surface area (Å²) < 4.78 is 19.1. The Kier molecular flexibility index (Phi) is 6.22. The first kappa shape index (κ1) is 19.0. The third-order valence-electron chi connectivity index (χ3n) is 3.11. The molecule has 2 rings (SSSR count). The predicted octanol–water partition coefficient (Wildman–Crippen LogP) is 4.50. The van der Waals surface area contributed by atoms with E-state index >= 15 is 0 Å². The molecule has 0 spiro atoms. The molecule has 8 heteroatoms. The van der Waals surface area contributed by atoms with Crippen molar-refractivity contribution >= 4 is 46.4 Å². The summed E-state index contributed by atoms with van der Waals surface area (Å²) in [6, 6.07) is 8.48. The van der Waals surface area contributed by atoms with Crippen molar-refractivity contribution in [3.8, 4) is 5.75 Å². The zero-order valence-electron chi connectivity index (χ0n) is 13.4. The van der Waals surface area contributed by atoms with Crippen molar-refractivity contribution in [1.29, 1.82) is 0 Å². The molecule has 2 aromatic carbocycles. The maximum Gasteiger partial charge on any atom is 0.265 e. The molecule has 1 unspecified atom stereocenters. The van der Waals surface area contributed by atoms with E-state index in [0.717, 1.165) is 6.07 Å². The van der Waals surface area contributed by atoms with Crippen molar-refractivity contribution in [2.24, 2.45) is 0 Å². The van der Waals surface area contributed by atoms with Gasteiger partial charge in [0.2, 0.25) is 5.91 Å². The second-order valence-electron chi connectivity index (χ2n) is 5.20. The van der Waals surface area contributed by atoms with Gasteiger partial charge in [0.15, 0.2) is 6.10 Å². The molecule has 25 heavy (non-hydrogen) atoms. The molecule has 0 aliphatic carbocycles. The summed E-state index contributed by atoms with van der Waals surface area (Å²) in [5.74, 6) is -1.18. The van der Waals surface area contributed by atoms with Gasteiger partial charge < -0.3 is 15.4 Å². The van der Waals surface area contributed by atoms with Gasteiger partial charge in [-0.15, -0.1) is 0 Å². The van der Waals surface area contributed by atoms with Crippen molar-refractivity contribution in [2.45, 2.75) is 20.0 Å². The summed E-state index contributed by atoms with van der Waals surface area (Å²) in [5, 5.41) is 5.65. The highest BCUT2D eigenvalue weighted by atomic mass is 35.5. The number of anilines is 2. The number of nitrogens with one attached hydrogen (secondary N) is 2. The summed E-state index contributed by atoms with van der Waals surface area (Å²) in [5.41, 5.74) is 0.285. The molecule has 0 radical (unpaired) electrons. The third kappa shape index (κ3) is 5.34. The third-order valence-corrected chi connectivity index (χ3v) is 3.64. The lowest BCUT2D eigenvalue weighted by Gasteiger charge is -2.16. The van der Waals surface area contributed by atoms with E-state index in [4.69, 9.17) is 27.9 Å². The van der Waals surface area contributed by atoms with Crippen molar-refractivity contribution in [3.05, 3.63) is 52.3 Å². The number of carbonyl (C=O) groups is 2. The monoisotopic (exact) mass is 384 g/mol. The van der Waals surface area contributed by atoms with Gasteiger partial charge in [-0.05, 0) is 43.3 Å². The van der Waals surface area contributed by atoms with Crippen LogP contribution in [-0.4, -0.2) is 17.9 Å². The lowest BCUT2D eigenvalue weighted by molar-refractivity contribution is -0.122.